The Labute approximate surface area is 125 Å². The first kappa shape index (κ1) is 14.4. The van der Waals surface area contributed by atoms with Gasteiger partial charge in [-0.3, -0.25) is 0 Å². The SMILES string of the molecule is COc1cccc2cc(CNC3(CO)CCCCC3)oc12. The van der Waals surface area contributed by atoms with E-state index in [-0.39, 0.29) is 12.1 Å². The quantitative estimate of drug-likeness (QED) is 0.887. The molecule has 0 aliphatic heterocycles. The molecule has 1 saturated carbocycles. The molecule has 4 heteroatoms. The highest BCUT2D eigenvalue weighted by molar-refractivity contribution is 5.83. The first-order valence-corrected chi connectivity index (χ1v) is 7.68. The average molecular weight is 289 g/mol. The monoisotopic (exact) mass is 289 g/mol. The van der Waals surface area contributed by atoms with E-state index in [1.165, 1.54) is 19.3 Å². The Morgan fingerprint density at radius 1 is 1.29 bits per heavy atom. The lowest BCUT2D eigenvalue weighted by molar-refractivity contribution is 0.117. The molecule has 2 N–H and O–H groups in total. The van der Waals surface area contributed by atoms with E-state index in [0.29, 0.717) is 6.54 Å². The van der Waals surface area contributed by atoms with Crippen LogP contribution in [0.4, 0.5) is 0 Å². The van der Waals surface area contributed by atoms with Crippen LogP contribution < -0.4 is 10.1 Å². The molecule has 1 aromatic carbocycles. The smallest absolute Gasteiger partial charge is 0.176 e. The zero-order chi connectivity index (χ0) is 14.7. The van der Waals surface area contributed by atoms with Crippen molar-refractivity contribution in [2.45, 2.75) is 44.2 Å². The van der Waals surface area contributed by atoms with Crippen LogP contribution in [0.25, 0.3) is 11.0 Å². The maximum absolute atomic E-state index is 9.73. The Bertz CT molecular complexity index is 599. The van der Waals surface area contributed by atoms with Gasteiger partial charge in [0.2, 0.25) is 0 Å². The maximum Gasteiger partial charge on any atom is 0.176 e. The number of aliphatic hydroxyl groups is 1. The Balaban J connectivity index is 1.75. The summed E-state index contributed by atoms with van der Waals surface area (Å²) in [5.41, 5.74) is 0.653. The van der Waals surface area contributed by atoms with Crippen LogP contribution in [0.3, 0.4) is 0 Å². The van der Waals surface area contributed by atoms with Gasteiger partial charge in [-0.2, -0.15) is 0 Å². The second kappa shape index (κ2) is 6.08. The van der Waals surface area contributed by atoms with Gasteiger partial charge in [-0.05, 0) is 25.0 Å². The van der Waals surface area contributed by atoms with Crippen LogP contribution in [0.1, 0.15) is 37.9 Å². The highest BCUT2D eigenvalue weighted by Gasteiger charge is 2.30. The first-order chi connectivity index (χ1) is 10.3. The molecule has 1 aliphatic carbocycles. The minimum Gasteiger partial charge on any atom is -0.493 e. The summed E-state index contributed by atoms with van der Waals surface area (Å²) in [5.74, 6) is 1.64. The fraction of sp³-hybridized carbons (Fsp3) is 0.529. The highest BCUT2D eigenvalue weighted by Crippen LogP contribution is 2.30. The lowest BCUT2D eigenvalue weighted by Crippen LogP contribution is -2.49. The number of fused-ring (bicyclic) bond motifs is 1. The third kappa shape index (κ3) is 2.92. The number of methoxy groups -OCH3 is 1. The first-order valence-electron chi connectivity index (χ1n) is 7.68. The summed E-state index contributed by atoms with van der Waals surface area (Å²) in [6.45, 7) is 0.828. The number of hydrogen-bond donors (Lipinski definition) is 2. The molecule has 0 unspecified atom stereocenters. The standard InChI is InChI=1S/C17H23NO3/c1-20-15-7-5-6-13-10-14(21-16(13)15)11-18-17(12-19)8-3-2-4-9-17/h5-7,10,18-19H,2-4,8-9,11-12H2,1H3. The summed E-state index contributed by atoms with van der Waals surface area (Å²) in [4.78, 5) is 0. The van der Waals surface area contributed by atoms with Crippen LogP contribution in [-0.2, 0) is 6.54 Å². The summed E-state index contributed by atoms with van der Waals surface area (Å²) in [5, 5.41) is 14.3. The van der Waals surface area contributed by atoms with Crippen LogP contribution >= 0.6 is 0 Å². The van der Waals surface area contributed by atoms with Crippen molar-refractivity contribution in [3.63, 3.8) is 0 Å². The molecule has 1 aliphatic rings. The predicted octanol–water partition coefficient (Wildman–Crippen LogP) is 3.23. The number of para-hydroxylation sites is 1. The lowest BCUT2D eigenvalue weighted by atomic mass is 9.82. The Morgan fingerprint density at radius 3 is 2.81 bits per heavy atom. The zero-order valence-corrected chi connectivity index (χ0v) is 12.5. The molecule has 0 radical (unpaired) electrons. The maximum atomic E-state index is 9.73. The van der Waals surface area contributed by atoms with Gasteiger partial charge < -0.3 is 19.6 Å². The number of ether oxygens (including phenoxy) is 1. The van der Waals surface area contributed by atoms with Crippen molar-refractivity contribution in [3.8, 4) is 5.75 Å². The Hall–Kier alpha value is -1.52. The number of benzene rings is 1. The van der Waals surface area contributed by atoms with Gasteiger partial charge in [-0.25, -0.2) is 0 Å². The van der Waals surface area contributed by atoms with Crippen molar-refractivity contribution >= 4 is 11.0 Å². The molecule has 0 bridgehead atoms. The Morgan fingerprint density at radius 2 is 2.10 bits per heavy atom. The number of rotatable bonds is 5. The highest BCUT2D eigenvalue weighted by atomic mass is 16.5. The summed E-state index contributed by atoms with van der Waals surface area (Å²) >= 11 is 0. The van der Waals surface area contributed by atoms with Crippen molar-refractivity contribution in [2.75, 3.05) is 13.7 Å². The number of hydrogen-bond acceptors (Lipinski definition) is 4. The topological polar surface area (TPSA) is 54.6 Å². The second-order valence-electron chi connectivity index (χ2n) is 5.94. The molecule has 1 fully saturated rings. The minimum atomic E-state index is -0.138. The van der Waals surface area contributed by atoms with Crippen molar-refractivity contribution in [3.05, 3.63) is 30.0 Å². The van der Waals surface area contributed by atoms with Gasteiger partial charge in [0.05, 0.1) is 20.3 Å². The van der Waals surface area contributed by atoms with E-state index in [0.717, 1.165) is 35.3 Å². The van der Waals surface area contributed by atoms with Gasteiger partial charge in [0, 0.05) is 10.9 Å². The van der Waals surface area contributed by atoms with Gasteiger partial charge in [0.15, 0.2) is 11.3 Å². The third-order valence-corrected chi connectivity index (χ3v) is 4.53. The minimum absolute atomic E-state index is 0.138. The summed E-state index contributed by atoms with van der Waals surface area (Å²) in [6, 6.07) is 7.93. The van der Waals surface area contributed by atoms with E-state index in [2.05, 4.69) is 5.32 Å². The van der Waals surface area contributed by atoms with E-state index in [9.17, 15) is 5.11 Å². The summed E-state index contributed by atoms with van der Waals surface area (Å²) in [6.07, 6.45) is 5.70. The molecule has 0 amide bonds. The van der Waals surface area contributed by atoms with Crippen LogP contribution in [0.2, 0.25) is 0 Å². The molecular formula is C17H23NO3. The van der Waals surface area contributed by atoms with E-state index >= 15 is 0 Å². The summed E-state index contributed by atoms with van der Waals surface area (Å²) in [7, 11) is 1.65. The molecule has 114 valence electrons. The van der Waals surface area contributed by atoms with Gasteiger partial charge in [0.25, 0.3) is 0 Å². The predicted molar refractivity (Wildman–Crippen MR) is 82.5 cm³/mol. The lowest BCUT2D eigenvalue weighted by Gasteiger charge is -2.36. The van der Waals surface area contributed by atoms with E-state index in [1.807, 2.05) is 24.3 Å². The molecule has 3 rings (SSSR count). The van der Waals surface area contributed by atoms with Gasteiger partial charge in [-0.1, -0.05) is 31.4 Å². The molecule has 0 spiro atoms. The summed E-state index contributed by atoms with van der Waals surface area (Å²) < 4.78 is 11.2. The fourth-order valence-corrected chi connectivity index (χ4v) is 3.23. The van der Waals surface area contributed by atoms with Crippen molar-refractivity contribution in [2.24, 2.45) is 0 Å². The zero-order valence-electron chi connectivity index (χ0n) is 12.5. The normalized spacial score (nSPS) is 18.0. The van der Waals surface area contributed by atoms with Crippen molar-refractivity contribution < 1.29 is 14.3 Å². The van der Waals surface area contributed by atoms with Crippen LogP contribution in [0.5, 0.6) is 5.75 Å². The van der Waals surface area contributed by atoms with Crippen LogP contribution in [-0.4, -0.2) is 24.4 Å². The Kier molecular flexibility index (Phi) is 4.17. The second-order valence-corrected chi connectivity index (χ2v) is 5.94. The molecule has 21 heavy (non-hydrogen) atoms. The molecule has 1 aromatic heterocycles. The van der Waals surface area contributed by atoms with Gasteiger partial charge in [0.1, 0.15) is 5.76 Å². The number of nitrogens with one attached hydrogen (secondary N) is 1. The molecule has 0 saturated heterocycles. The molecule has 4 nitrogen and oxygen atoms in total. The van der Waals surface area contributed by atoms with Gasteiger partial charge in [-0.15, -0.1) is 0 Å². The largest absolute Gasteiger partial charge is 0.493 e. The molecule has 0 atom stereocenters. The van der Waals surface area contributed by atoms with E-state index in [4.69, 9.17) is 9.15 Å². The van der Waals surface area contributed by atoms with E-state index < -0.39 is 0 Å². The molecular weight excluding hydrogens is 266 g/mol. The third-order valence-electron chi connectivity index (χ3n) is 4.53. The molecule has 2 aromatic rings. The van der Waals surface area contributed by atoms with Crippen LogP contribution in [0.15, 0.2) is 28.7 Å². The van der Waals surface area contributed by atoms with Crippen molar-refractivity contribution in [1.29, 1.82) is 0 Å². The van der Waals surface area contributed by atoms with Crippen molar-refractivity contribution in [1.82, 2.24) is 5.32 Å². The number of furan rings is 1. The fourth-order valence-electron chi connectivity index (χ4n) is 3.23. The molecule has 1 heterocycles. The number of aliphatic hydroxyl groups excluding tert-OH is 1. The van der Waals surface area contributed by atoms with E-state index in [1.54, 1.807) is 7.11 Å². The average Bonchev–Trinajstić information content (AvgIpc) is 2.97. The van der Waals surface area contributed by atoms with Crippen LogP contribution in [0, 0.1) is 0 Å². The van der Waals surface area contributed by atoms with Gasteiger partial charge >= 0.3 is 0 Å².